The zero-order valence-electron chi connectivity index (χ0n) is 14.2. The lowest BCUT2D eigenvalue weighted by atomic mass is 10.1. The SMILES string of the molecule is NC(=O)C1CCCC1.NCCCCCC(=O)Cn1cnccc1=O. The fourth-order valence-electron chi connectivity index (χ4n) is 2.62. The molecule has 134 valence electrons. The second-order valence-corrected chi connectivity index (χ2v) is 6.07. The molecule has 1 aromatic rings. The maximum Gasteiger partial charge on any atom is 0.253 e. The van der Waals surface area contributed by atoms with E-state index in [1.807, 2.05) is 0 Å². The van der Waals surface area contributed by atoms with E-state index in [4.69, 9.17) is 11.5 Å². The zero-order valence-corrected chi connectivity index (χ0v) is 14.2. The third-order valence-corrected chi connectivity index (χ3v) is 4.06. The number of primary amides is 1. The van der Waals surface area contributed by atoms with E-state index in [2.05, 4.69) is 4.98 Å². The van der Waals surface area contributed by atoms with E-state index in [1.54, 1.807) is 0 Å². The predicted molar refractivity (Wildman–Crippen MR) is 92.2 cm³/mol. The lowest BCUT2D eigenvalue weighted by Crippen LogP contribution is -2.23. The molecule has 0 radical (unpaired) electrons. The van der Waals surface area contributed by atoms with Gasteiger partial charge in [-0.3, -0.25) is 19.0 Å². The first kappa shape index (κ1) is 20.0. The minimum atomic E-state index is -0.190. The molecule has 0 atom stereocenters. The van der Waals surface area contributed by atoms with E-state index in [9.17, 15) is 14.4 Å². The maximum atomic E-state index is 11.5. The van der Waals surface area contributed by atoms with Gasteiger partial charge in [-0.25, -0.2) is 4.98 Å². The van der Waals surface area contributed by atoms with Crippen LogP contribution >= 0.6 is 0 Å². The summed E-state index contributed by atoms with van der Waals surface area (Å²) in [6.07, 6.45) is 10.5. The molecule has 24 heavy (non-hydrogen) atoms. The molecule has 1 fully saturated rings. The van der Waals surface area contributed by atoms with E-state index in [-0.39, 0.29) is 29.7 Å². The fourth-order valence-corrected chi connectivity index (χ4v) is 2.62. The highest BCUT2D eigenvalue weighted by Gasteiger charge is 2.19. The van der Waals surface area contributed by atoms with Crippen LogP contribution < -0.4 is 17.0 Å². The summed E-state index contributed by atoms with van der Waals surface area (Å²) in [6.45, 7) is 0.783. The van der Waals surface area contributed by atoms with Gasteiger partial charge in [0.25, 0.3) is 5.56 Å². The van der Waals surface area contributed by atoms with Crippen molar-refractivity contribution in [2.75, 3.05) is 6.54 Å². The van der Waals surface area contributed by atoms with Crippen molar-refractivity contribution in [2.24, 2.45) is 17.4 Å². The number of aromatic nitrogens is 2. The Balaban J connectivity index is 0.000000300. The van der Waals surface area contributed by atoms with Crippen LogP contribution in [0.4, 0.5) is 0 Å². The molecule has 1 amide bonds. The number of carbonyl (C=O) groups is 2. The second-order valence-electron chi connectivity index (χ2n) is 6.07. The zero-order chi connectivity index (χ0) is 17.8. The molecule has 0 aromatic carbocycles. The fraction of sp³-hybridized carbons (Fsp3) is 0.647. The summed E-state index contributed by atoms with van der Waals surface area (Å²) in [5, 5.41) is 0. The summed E-state index contributed by atoms with van der Waals surface area (Å²) in [4.78, 5) is 37.0. The summed E-state index contributed by atoms with van der Waals surface area (Å²) < 4.78 is 1.32. The van der Waals surface area contributed by atoms with Gasteiger partial charge in [0, 0.05) is 24.6 Å². The van der Waals surface area contributed by atoms with Gasteiger partial charge in [-0.05, 0) is 32.2 Å². The standard InChI is InChI=1S/C11H17N3O2.C6H11NO/c12-6-3-1-2-4-10(15)8-14-9-13-7-5-11(14)16;7-6(8)5-3-1-2-4-5/h5,7,9H,1-4,6,8,12H2;5H,1-4H2,(H2,7,8). The van der Waals surface area contributed by atoms with Crippen LogP contribution in [0.3, 0.4) is 0 Å². The highest BCUT2D eigenvalue weighted by Crippen LogP contribution is 2.23. The van der Waals surface area contributed by atoms with Gasteiger partial charge in [0.15, 0.2) is 5.78 Å². The topological polar surface area (TPSA) is 121 Å². The molecular formula is C17H28N4O3. The van der Waals surface area contributed by atoms with E-state index in [0.717, 1.165) is 32.1 Å². The number of hydrogen-bond acceptors (Lipinski definition) is 5. The van der Waals surface area contributed by atoms with Gasteiger partial charge in [-0.1, -0.05) is 19.3 Å². The molecule has 0 aliphatic heterocycles. The van der Waals surface area contributed by atoms with Gasteiger partial charge in [0.1, 0.15) is 0 Å². The second kappa shape index (κ2) is 11.5. The Hall–Kier alpha value is -2.02. The van der Waals surface area contributed by atoms with Gasteiger partial charge < -0.3 is 11.5 Å². The number of hydrogen-bond donors (Lipinski definition) is 2. The minimum absolute atomic E-state index is 0.0621. The normalized spacial score (nSPS) is 14.0. The Morgan fingerprint density at radius 3 is 2.46 bits per heavy atom. The van der Waals surface area contributed by atoms with Gasteiger partial charge in [0.05, 0.1) is 12.9 Å². The predicted octanol–water partition coefficient (Wildman–Crippen LogP) is 0.993. The van der Waals surface area contributed by atoms with Crippen LogP contribution in [0.15, 0.2) is 23.4 Å². The van der Waals surface area contributed by atoms with E-state index >= 15 is 0 Å². The van der Waals surface area contributed by atoms with Crippen molar-refractivity contribution >= 4 is 11.7 Å². The van der Waals surface area contributed by atoms with Gasteiger partial charge in [0.2, 0.25) is 5.91 Å². The first-order chi connectivity index (χ1) is 11.5. The molecule has 0 spiro atoms. The smallest absolute Gasteiger partial charge is 0.253 e. The number of ketones is 1. The van der Waals surface area contributed by atoms with E-state index in [1.165, 1.54) is 36.0 Å². The molecule has 1 aromatic heterocycles. The van der Waals surface area contributed by atoms with Crippen molar-refractivity contribution in [3.63, 3.8) is 0 Å². The third kappa shape index (κ3) is 8.01. The number of nitrogens with zero attached hydrogens (tertiary/aromatic N) is 2. The molecule has 2 rings (SSSR count). The maximum absolute atomic E-state index is 11.5. The van der Waals surface area contributed by atoms with Crippen LogP contribution in [0, 0.1) is 5.92 Å². The van der Waals surface area contributed by atoms with Crippen molar-refractivity contribution in [1.82, 2.24) is 9.55 Å². The molecule has 1 aliphatic carbocycles. The van der Waals surface area contributed by atoms with Gasteiger partial charge >= 0.3 is 0 Å². The lowest BCUT2D eigenvalue weighted by Gasteiger charge is -2.03. The quantitative estimate of drug-likeness (QED) is 0.686. The van der Waals surface area contributed by atoms with E-state index < -0.39 is 0 Å². The molecule has 1 heterocycles. The molecule has 1 aliphatic rings. The Labute approximate surface area is 142 Å². The molecule has 7 heteroatoms. The van der Waals surface area contributed by atoms with Gasteiger partial charge in [-0.2, -0.15) is 0 Å². The number of Topliss-reactive ketones (excluding diaryl/α,β-unsaturated/α-hetero) is 1. The Bertz CT molecular complexity index is 565. The van der Waals surface area contributed by atoms with Crippen LogP contribution in [-0.2, 0) is 16.1 Å². The highest BCUT2D eigenvalue weighted by atomic mass is 16.1. The molecular weight excluding hydrogens is 308 g/mol. The highest BCUT2D eigenvalue weighted by molar-refractivity contribution is 5.78. The van der Waals surface area contributed by atoms with Crippen LogP contribution in [0.1, 0.15) is 51.4 Å². The lowest BCUT2D eigenvalue weighted by molar-refractivity contribution is -0.121. The van der Waals surface area contributed by atoms with E-state index in [0.29, 0.717) is 13.0 Å². The summed E-state index contributed by atoms with van der Waals surface area (Å²) in [5.74, 6) is 0.157. The monoisotopic (exact) mass is 336 g/mol. The third-order valence-electron chi connectivity index (χ3n) is 4.06. The number of rotatable bonds is 8. The minimum Gasteiger partial charge on any atom is -0.369 e. The Morgan fingerprint density at radius 2 is 1.92 bits per heavy atom. The first-order valence-electron chi connectivity index (χ1n) is 8.56. The number of nitrogens with two attached hydrogens (primary N) is 2. The Morgan fingerprint density at radius 1 is 1.21 bits per heavy atom. The van der Waals surface area contributed by atoms with Crippen molar-refractivity contribution in [2.45, 2.75) is 57.9 Å². The average Bonchev–Trinajstić information content (AvgIpc) is 3.09. The number of carbonyl (C=O) groups excluding carboxylic acids is 2. The summed E-state index contributed by atoms with van der Waals surface area (Å²) >= 11 is 0. The number of amides is 1. The van der Waals surface area contributed by atoms with Gasteiger partial charge in [-0.15, -0.1) is 0 Å². The molecule has 7 nitrogen and oxygen atoms in total. The first-order valence-corrected chi connectivity index (χ1v) is 8.56. The molecule has 0 saturated heterocycles. The molecule has 1 saturated carbocycles. The van der Waals surface area contributed by atoms with Crippen LogP contribution in [0.2, 0.25) is 0 Å². The average molecular weight is 336 g/mol. The van der Waals surface area contributed by atoms with Crippen molar-refractivity contribution in [3.8, 4) is 0 Å². The molecule has 0 bridgehead atoms. The summed E-state index contributed by atoms with van der Waals surface area (Å²) in [5.41, 5.74) is 10.2. The summed E-state index contributed by atoms with van der Waals surface area (Å²) in [7, 11) is 0. The van der Waals surface area contributed by atoms with Crippen LogP contribution in [0.5, 0.6) is 0 Å². The summed E-state index contributed by atoms with van der Waals surface area (Å²) in [6, 6.07) is 1.35. The van der Waals surface area contributed by atoms with Crippen LogP contribution in [-0.4, -0.2) is 27.8 Å². The Kier molecular flexibility index (Phi) is 9.60. The van der Waals surface area contributed by atoms with Crippen LogP contribution in [0.25, 0.3) is 0 Å². The number of unbranched alkanes of at least 4 members (excludes halogenated alkanes) is 2. The largest absolute Gasteiger partial charge is 0.369 e. The van der Waals surface area contributed by atoms with Crippen molar-refractivity contribution < 1.29 is 9.59 Å². The molecule has 0 unspecified atom stereocenters. The van der Waals surface area contributed by atoms with Crippen molar-refractivity contribution in [3.05, 3.63) is 28.9 Å². The molecule has 4 N–H and O–H groups in total. The van der Waals surface area contributed by atoms with Crippen molar-refractivity contribution in [1.29, 1.82) is 0 Å².